The van der Waals surface area contributed by atoms with Crippen LogP contribution < -0.4 is 15.0 Å². The zero-order valence-electron chi connectivity index (χ0n) is 18.7. The summed E-state index contributed by atoms with van der Waals surface area (Å²) in [5, 5.41) is 12.7. The fourth-order valence-electron chi connectivity index (χ4n) is 3.78. The molecule has 2 atom stereocenters. The van der Waals surface area contributed by atoms with Crippen LogP contribution >= 0.6 is 0 Å². The van der Waals surface area contributed by atoms with E-state index < -0.39 is 18.1 Å². The van der Waals surface area contributed by atoms with E-state index in [4.69, 9.17) is 4.74 Å². The summed E-state index contributed by atoms with van der Waals surface area (Å²) in [6.07, 6.45) is 0.433. The van der Waals surface area contributed by atoms with Gasteiger partial charge in [-0.1, -0.05) is 64.1 Å². The third kappa shape index (κ3) is 5.64. The number of hydrogen-bond acceptors (Lipinski definition) is 4. The van der Waals surface area contributed by atoms with E-state index in [0.29, 0.717) is 30.3 Å². The van der Waals surface area contributed by atoms with Gasteiger partial charge in [-0.25, -0.2) is 0 Å². The van der Waals surface area contributed by atoms with Gasteiger partial charge in [-0.3, -0.25) is 14.9 Å². The number of ether oxygens (including phenoxy) is 1. The number of carboxylic acid groups (broad SMARTS) is 1. The summed E-state index contributed by atoms with van der Waals surface area (Å²) in [6.45, 7) is 8.69. The Kier molecular flexibility index (Phi) is 7.33. The Balaban J connectivity index is 1.88. The molecule has 1 aliphatic heterocycles. The van der Waals surface area contributed by atoms with Gasteiger partial charge in [0.15, 0.2) is 0 Å². The standard InChI is InChI=1S/C25H32N2O4/c1-16(2)13-20(25(29)30)26-21-15-31-23-8-6-5-7-22(23)27(24(21)28)14-18-9-11-19(12-10-18)17(3)4/h5-12,16-17,20-21,26H,13-15H2,1-4H3,(H,29,30)/t20-,21?/m0/s1. The van der Waals surface area contributed by atoms with Gasteiger partial charge in [0.2, 0.25) is 5.91 Å². The molecule has 1 amide bonds. The lowest BCUT2D eigenvalue weighted by atomic mass is 10.0. The van der Waals surface area contributed by atoms with Gasteiger partial charge in [0.25, 0.3) is 0 Å². The number of aliphatic carboxylic acids is 1. The Morgan fingerprint density at radius 1 is 1.13 bits per heavy atom. The van der Waals surface area contributed by atoms with Crippen molar-refractivity contribution in [3.8, 4) is 5.75 Å². The minimum absolute atomic E-state index is 0.0838. The van der Waals surface area contributed by atoms with Crippen molar-refractivity contribution in [2.24, 2.45) is 5.92 Å². The van der Waals surface area contributed by atoms with Crippen LogP contribution in [0, 0.1) is 5.92 Å². The van der Waals surface area contributed by atoms with Crippen LogP contribution in [0.15, 0.2) is 48.5 Å². The van der Waals surface area contributed by atoms with Gasteiger partial charge in [0, 0.05) is 0 Å². The molecule has 1 heterocycles. The predicted molar refractivity (Wildman–Crippen MR) is 121 cm³/mol. The second-order valence-corrected chi connectivity index (χ2v) is 8.84. The van der Waals surface area contributed by atoms with E-state index in [-0.39, 0.29) is 18.4 Å². The second kappa shape index (κ2) is 9.96. The molecule has 6 heteroatoms. The molecule has 0 bridgehead atoms. The van der Waals surface area contributed by atoms with E-state index >= 15 is 0 Å². The van der Waals surface area contributed by atoms with Gasteiger partial charge < -0.3 is 14.7 Å². The lowest BCUT2D eigenvalue weighted by molar-refractivity contribution is -0.140. The molecule has 3 rings (SSSR count). The van der Waals surface area contributed by atoms with Crippen molar-refractivity contribution in [1.82, 2.24) is 5.32 Å². The summed E-state index contributed by atoms with van der Waals surface area (Å²) in [6, 6.07) is 14.1. The smallest absolute Gasteiger partial charge is 0.320 e. The molecule has 0 fully saturated rings. The molecule has 2 N–H and O–H groups in total. The minimum atomic E-state index is -0.959. The molecule has 1 aliphatic rings. The number of nitrogens with zero attached hydrogens (tertiary/aromatic N) is 1. The van der Waals surface area contributed by atoms with Gasteiger partial charge in [-0.2, -0.15) is 0 Å². The molecule has 0 saturated heterocycles. The van der Waals surface area contributed by atoms with E-state index in [1.165, 1.54) is 5.56 Å². The summed E-state index contributed by atoms with van der Waals surface area (Å²) in [5.74, 6) is 0.0929. The summed E-state index contributed by atoms with van der Waals surface area (Å²) in [7, 11) is 0. The van der Waals surface area contributed by atoms with Gasteiger partial charge in [-0.05, 0) is 41.5 Å². The van der Waals surface area contributed by atoms with Crippen molar-refractivity contribution in [2.75, 3.05) is 11.5 Å². The van der Waals surface area contributed by atoms with Crippen LogP contribution in [-0.2, 0) is 16.1 Å². The molecule has 31 heavy (non-hydrogen) atoms. The highest BCUT2D eigenvalue weighted by atomic mass is 16.5. The monoisotopic (exact) mass is 424 g/mol. The second-order valence-electron chi connectivity index (χ2n) is 8.84. The Labute approximate surface area is 184 Å². The number of hydrogen-bond donors (Lipinski definition) is 2. The zero-order chi connectivity index (χ0) is 22.5. The third-order valence-corrected chi connectivity index (χ3v) is 5.52. The van der Waals surface area contributed by atoms with Gasteiger partial charge in [0.1, 0.15) is 24.4 Å². The number of carboxylic acids is 1. The largest absolute Gasteiger partial charge is 0.489 e. The average molecular weight is 425 g/mol. The maximum Gasteiger partial charge on any atom is 0.320 e. The molecule has 0 saturated carbocycles. The highest BCUT2D eigenvalue weighted by Crippen LogP contribution is 2.32. The highest BCUT2D eigenvalue weighted by molar-refractivity contribution is 5.99. The molecule has 0 spiro atoms. The van der Waals surface area contributed by atoms with E-state index in [0.717, 1.165) is 5.56 Å². The predicted octanol–water partition coefficient (Wildman–Crippen LogP) is 4.19. The van der Waals surface area contributed by atoms with Crippen molar-refractivity contribution in [3.05, 3.63) is 59.7 Å². The van der Waals surface area contributed by atoms with Crippen molar-refractivity contribution < 1.29 is 19.4 Å². The van der Waals surface area contributed by atoms with Crippen LogP contribution in [0.4, 0.5) is 5.69 Å². The first-order valence-corrected chi connectivity index (χ1v) is 10.9. The van der Waals surface area contributed by atoms with E-state index in [1.807, 2.05) is 50.2 Å². The van der Waals surface area contributed by atoms with E-state index in [2.05, 4.69) is 31.3 Å². The van der Waals surface area contributed by atoms with Crippen LogP contribution in [0.3, 0.4) is 0 Å². The molecule has 2 aromatic carbocycles. The minimum Gasteiger partial charge on any atom is -0.489 e. The Morgan fingerprint density at radius 3 is 2.42 bits per heavy atom. The Bertz CT molecular complexity index is 908. The quantitative estimate of drug-likeness (QED) is 0.664. The number of fused-ring (bicyclic) bond motifs is 1. The van der Waals surface area contributed by atoms with Crippen molar-refractivity contribution in [3.63, 3.8) is 0 Å². The third-order valence-electron chi connectivity index (χ3n) is 5.52. The molecule has 0 radical (unpaired) electrons. The van der Waals surface area contributed by atoms with Crippen LogP contribution in [0.1, 0.15) is 51.2 Å². The van der Waals surface area contributed by atoms with Crippen molar-refractivity contribution >= 4 is 17.6 Å². The van der Waals surface area contributed by atoms with Gasteiger partial charge >= 0.3 is 5.97 Å². The maximum absolute atomic E-state index is 13.5. The molecule has 1 unspecified atom stereocenters. The molecule has 0 aliphatic carbocycles. The topological polar surface area (TPSA) is 78.9 Å². The molecule has 166 valence electrons. The lowest BCUT2D eigenvalue weighted by Crippen LogP contribution is -2.54. The normalized spacial score (nSPS) is 17.3. The maximum atomic E-state index is 13.5. The van der Waals surface area contributed by atoms with Gasteiger partial charge in [-0.15, -0.1) is 0 Å². The summed E-state index contributed by atoms with van der Waals surface area (Å²) in [4.78, 5) is 27.0. The fourth-order valence-corrected chi connectivity index (χ4v) is 3.78. The molecule has 0 aromatic heterocycles. The Morgan fingerprint density at radius 2 is 1.81 bits per heavy atom. The molecular weight excluding hydrogens is 392 g/mol. The number of benzene rings is 2. The number of amides is 1. The zero-order valence-corrected chi connectivity index (χ0v) is 18.7. The van der Waals surface area contributed by atoms with Crippen LogP contribution in [0.5, 0.6) is 5.75 Å². The molecule has 6 nitrogen and oxygen atoms in total. The molecular formula is C25H32N2O4. The average Bonchev–Trinajstić information content (AvgIpc) is 2.85. The number of nitrogens with one attached hydrogen (secondary N) is 1. The Hall–Kier alpha value is -2.86. The lowest BCUT2D eigenvalue weighted by Gasteiger charge is -2.27. The first-order chi connectivity index (χ1) is 14.8. The van der Waals surface area contributed by atoms with E-state index in [9.17, 15) is 14.7 Å². The number of carbonyl (C=O) groups excluding carboxylic acids is 1. The SMILES string of the molecule is CC(C)C[C@H](NC1COc2ccccc2N(Cc2ccc(C(C)C)cc2)C1=O)C(=O)O. The number of carbonyl (C=O) groups is 2. The number of para-hydroxylation sites is 2. The van der Waals surface area contributed by atoms with Crippen LogP contribution in [0.25, 0.3) is 0 Å². The van der Waals surface area contributed by atoms with Crippen molar-refractivity contribution in [1.29, 1.82) is 0 Å². The van der Waals surface area contributed by atoms with Crippen molar-refractivity contribution in [2.45, 2.75) is 58.7 Å². The van der Waals surface area contributed by atoms with Crippen LogP contribution in [0.2, 0.25) is 0 Å². The first kappa shape index (κ1) is 22.8. The summed E-state index contributed by atoms with van der Waals surface area (Å²) in [5.41, 5.74) is 2.94. The molecule has 2 aromatic rings. The van der Waals surface area contributed by atoms with Gasteiger partial charge in [0.05, 0.1) is 12.2 Å². The summed E-state index contributed by atoms with van der Waals surface area (Å²) < 4.78 is 5.92. The van der Waals surface area contributed by atoms with Crippen LogP contribution in [-0.4, -0.2) is 35.7 Å². The summed E-state index contributed by atoms with van der Waals surface area (Å²) >= 11 is 0. The fraction of sp³-hybridized carbons (Fsp3) is 0.440. The number of rotatable bonds is 8. The van der Waals surface area contributed by atoms with E-state index in [1.54, 1.807) is 4.90 Å². The highest BCUT2D eigenvalue weighted by Gasteiger charge is 2.34. The number of anilines is 1. The first-order valence-electron chi connectivity index (χ1n) is 10.9.